The first kappa shape index (κ1) is 15.1. The highest BCUT2D eigenvalue weighted by Crippen LogP contribution is 2.23. The number of amides is 3. The Bertz CT molecular complexity index is 570. The van der Waals surface area contributed by atoms with Crippen LogP contribution in [0, 0.1) is 10.1 Å². The van der Waals surface area contributed by atoms with E-state index in [9.17, 15) is 19.7 Å². The fourth-order valence-corrected chi connectivity index (χ4v) is 1.36. The number of hydrogen-bond acceptors (Lipinski definition) is 5. The maximum absolute atomic E-state index is 11.7. The standard InChI is InChI=1S/C11H13N5O4/c1-7(14-15-11(12)18)6-10(17)13-8-4-2-3-5-9(8)16(19)20/h2-5H,6H2,1H3,(H,13,17)(H3,12,15,18). The Morgan fingerprint density at radius 1 is 1.40 bits per heavy atom. The first-order chi connectivity index (χ1) is 9.40. The largest absolute Gasteiger partial charge is 0.350 e. The molecule has 0 fully saturated rings. The molecule has 0 unspecified atom stereocenters. The van der Waals surface area contributed by atoms with E-state index in [0.717, 1.165) is 0 Å². The van der Waals surface area contributed by atoms with E-state index in [2.05, 4.69) is 10.4 Å². The van der Waals surface area contributed by atoms with Gasteiger partial charge in [0.15, 0.2) is 0 Å². The average molecular weight is 279 g/mol. The monoisotopic (exact) mass is 279 g/mol. The Morgan fingerprint density at radius 2 is 2.05 bits per heavy atom. The molecule has 0 atom stereocenters. The molecule has 0 heterocycles. The molecule has 1 aromatic rings. The molecule has 1 aromatic carbocycles. The fourth-order valence-electron chi connectivity index (χ4n) is 1.36. The van der Waals surface area contributed by atoms with E-state index in [0.29, 0.717) is 5.71 Å². The lowest BCUT2D eigenvalue weighted by Gasteiger charge is -2.05. The summed E-state index contributed by atoms with van der Waals surface area (Å²) in [5, 5.41) is 16.7. The molecule has 1 rings (SSSR count). The van der Waals surface area contributed by atoms with Crippen LogP contribution in [0.5, 0.6) is 0 Å². The van der Waals surface area contributed by atoms with Crippen molar-refractivity contribution >= 4 is 29.0 Å². The molecular weight excluding hydrogens is 266 g/mol. The van der Waals surface area contributed by atoms with Crippen molar-refractivity contribution in [1.82, 2.24) is 5.43 Å². The van der Waals surface area contributed by atoms with Gasteiger partial charge in [-0.1, -0.05) is 12.1 Å². The highest BCUT2D eigenvalue weighted by molar-refractivity contribution is 6.06. The van der Waals surface area contributed by atoms with Gasteiger partial charge >= 0.3 is 6.03 Å². The second-order valence-electron chi connectivity index (χ2n) is 3.82. The van der Waals surface area contributed by atoms with Gasteiger partial charge in [0, 0.05) is 11.8 Å². The number of carbonyl (C=O) groups is 2. The minimum absolute atomic E-state index is 0.0955. The number of urea groups is 1. The molecule has 0 aromatic heterocycles. The second-order valence-corrected chi connectivity index (χ2v) is 3.82. The second kappa shape index (κ2) is 6.83. The Morgan fingerprint density at radius 3 is 2.65 bits per heavy atom. The highest BCUT2D eigenvalue weighted by Gasteiger charge is 2.15. The van der Waals surface area contributed by atoms with Crippen molar-refractivity contribution in [2.24, 2.45) is 10.8 Å². The number of carbonyl (C=O) groups excluding carboxylic acids is 2. The number of para-hydroxylation sites is 2. The normalized spacial score (nSPS) is 10.8. The lowest BCUT2D eigenvalue weighted by atomic mass is 10.2. The molecule has 0 saturated heterocycles. The van der Waals surface area contributed by atoms with Gasteiger partial charge in [-0.2, -0.15) is 5.10 Å². The Hall–Kier alpha value is -2.97. The van der Waals surface area contributed by atoms with Crippen LogP contribution in [-0.4, -0.2) is 22.6 Å². The molecule has 106 valence electrons. The van der Waals surface area contributed by atoms with Gasteiger partial charge in [-0.15, -0.1) is 0 Å². The molecule has 20 heavy (non-hydrogen) atoms. The minimum Gasteiger partial charge on any atom is -0.350 e. The molecule has 0 bridgehead atoms. The molecular formula is C11H13N5O4. The molecule has 4 N–H and O–H groups in total. The predicted octanol–water partition coefficient (Wildman–Crippen LogP) is 0.968. The van der Waals surface area contributed by atoms with E-state index < -0.39 is 16.9 Å². The van der Waals surface area contributed by atoms with Crippen LogP contribution >= 0.6 is 0 Å². The lowest BCUT2D eigenvalue weighted by molar-refractivity contribution is -0.383. The predicted molar refractivity (Wildman–Crippen MR) is 72.2 cm³/mol. The number of nitro benzene ring substituents is 1. The van der Waals surface area contributed by atoms with Crippen LogP contribution in [0.1, 0.15) is 13.3 Å². The zero-order chi connectivity index (χ0) is 15.1. The maximum Gasteiger partial charge on any atom is 0.332 e. The average Bonchev–Trinajstić information content (AvgIpc) is 2.36. The third-order valence-corrected chi connectivity index (χ3v) is 2.15. The third kappa shape index (κ3) is 4.72. The summed E-state index contributed by atoms with van der Waals surface area (Å²) in [6.07, 6.45) is -0.133. The Balaban J connectivity index is 2.70. The molecule has 0 saturated carbocycles. The van der Waals surface area contributed by atoms with Crippen LogP contribution in [0.25, 0.3) is 0 Å². The molecule has 3 amide bonds. The van der Waals surface area contributed by atoms with Crippen molar-refractivity contribution in [2.75, 3.05) is 5.32 Å². The van der Waals surface area contributed by atoms with Crippen LogP contribution in [0.4, 0.5) is 16.2 Å². The summed E-state index contributed by atoms with van der Waals surface area (Å²) in [4.78, 5) is 32.3. The highest BCUT2D eigenvalue weighted by atomic mass is 16.6. The van der Waals surface area contributed by atoms with E-state index >= 15 is 0 Å². The number of anilines is 1. The number of benzene rings is 1. The summed E-state index contributed by atoms with van der Waals surface area (Å²) in [5.41, 5.74) is 7.00. The maximum atomic E-state index is 11.7. The SMILES string of the molecule is CC(CC(=O)Nc1ccccc1[N+](=O)[O-])=NNC(N)=O. The number of nitrogens with zero attached hydrogens (tertiary/aromatic N) is 2. The zero-order valence-electron chi connectivity index (χ0n) is 10.6. The van der Waals surface area contributed by atoms with Gasteiger partial charge in [0.25, 0.3) is 5.69 Å². The van der Waals surface area contributed by atoms with Crippen LogP contribution in [0.15, 0.2) is 29.4 Å². The molecule has 0 aliphatic rings. The first-order valence-corrected chi connectivity index (χ1v) is 5.52. The number of nitro groups is 1. The topological polar surface area (TPSA) is 140 Å². The molecule has 0 aliphatic carbocycles. The van der Waals surface area contributed by atoms with Gasteiger partial charge in [-0.05, 0) is 13.0 Å². The van der Waals surface area contributed by atoms with Gasteiger partial charge in [0.2, 0.25) is 5.91 Å². The number of nitrogens with one attached hydrogen (secondary N) is 2. The van der Waals surface area contributed by atoms with E-state index in [1.165, 1.54) is 25.1 Å². The molecule has 9 nitrogen and oxygen atoms in total. The summed E-state index contributed by atoms with van der Waals surface area (Å²) in [6.45, 7) is 1.51. The van der Waals surface area contributed by atoms with Crippen molar-refractivity contribution in [3.05, 3.63) is 34.4 Å². The van der Waals surface area contributed by atoms with Crippen molar-refractivity contribution in [1.29, 1.82) is 0 Å². The van der Waals surface area contributed by atoms with Gasteiger partial charge in [0.05, 0.1) is 11.3 Å². The summed E-state index contributed by atoms with van der Waals surface area (Å²) >= 11 is 0. The Labute approximate surface area is 114 Å². The Kier molecular flexibility index (Phi) is 5.15. The van der Waals surface area contributed by atoms with Crippen LogP contribution in [-0.2, 0) is 4.79 Å². The van der Waals surface area contributed by atoms with E-state index in [4.69, 9.17) is 5.73 Å². The van der Waals surface area contributed by atoms with E-state index in [-0.39, 0.29) is 17.8 Å². The van der Waals surface area contributed by atoms with Crippen LogP contribution < -0.4 is 16.5 Å². The summed E-state index contributed by atoms with van der Waals surface area (Å²) < 4.78 is 0. The van der Waals surface area contributed by atoms with Crippen LogP contribution in [0.2, 0.25) is 0 Å². The molecule has 0 aliphatic heterocycles. The van der Waals surface area contributed by atoms with Gasteiger partial charge in [0.1, 0.15) is 5.69 Å². The number of hydrazone groups is 1. The quantitative estimate of drug-likeness (QED) is 0.419. The van der Waals surface area contributed by atoms with Crippen molar-refractivity contribution in [3.8, 4) is 0 Å². The number of nitrogens with two attached hydrogens (primary N) is 1. The van der Waals surface area contributed by atoms with Gasteiger partial charge < -0.3 is 11.1 Å². The van der Waals surface area contributed by atoms with Crippen LogP contribution in [0.3, 0.4) is 0 Å². The van der Waals surface area contributed by atoms with Crippen molar-refractivity contribution in [2.45, 2.75) is 13.3 Å². The third-order valence-electron chi connectivity index (χ3n) is 2.15. The number of hydrogen-bond donors (Lipinski definition) is 3. The minimum atomic E-state index is -0.844. The van der Waals surface area contributed by atoms with E-state index in [1.54, 1.807) is 6.07 Å². The fraction of sp³-hybridized carbons (Fsp3) is 0.182. The van der Waals surface area contributed by atoms with Crippen molar-refractivity contribution in [3.63, 3.8) is 0 Å². The molecule has 0 radical (unpaired) electrons. The summed E-state index contributed by atoms with van der Waals surface area (Å²) in [5.74, 6) is -0.494. The number of rotatable bonds is 5. The zero-order valence-corrected chi connectivity index (χ0v) is 10.6. The molecule has 9 heteroatoms. The summed E-state index contributed by atoms with van der Waals surface area (Å²) in [6, 6.07) is 4.92. The smallest absolute Gasteiger partial charge is 0.332 e. The first-order valence-electron chi connectivity index (χ1n) is 5.52. The van der Waals surface area contributed by atoms with Gasteiger partial charge in [-0.25, -0.2) is 10.2 Å². The summed E-state index contributed by atoms with van der Waals surface area (Å²) in [7, 11) is 0. The molecule has 0 spiro atoms. The lowest BCUT2D eigenvalue weighted by Crippen LogP contribution is -2.26. The van der Waals surface area contributed by atoms with E-state index in [1.807, 2.05) is 5.43 Å². The number of primary amides is 1. The van der Waals surface area contributed by atoms with Gasteiger partial charge in [-0.3, -0.25) is 14.9 Å². The van der Waals surface area contributed by atoms with Crippen molar-refractivity contribution < 1.29 is 14.5 Å².